The summed E-state index contributed by atoms with van der Waals surface area (Å²) in [6.07, 6.45) is 7.04. The molecule has 2 aromatic heterocycles. The quantitative estimate of drug-likeness (QED) is 0.915. The van der Waals surface area contributed by atoms with Crippen molar-refractivity contribution in [2.45, 2.75) is 12.2 Å². The first kappa shape index (κ1) is 12.6. The number of carbonyl (C=O) groups excluding carboxylic acids is 1. The largest absolute Gasteiger partial charge is 0.324 e. The molecule has 5 nitrogen and oxygen atoms in total. The summed E-state index contributed by atoms with van der Waals surface area (Å²) in [4.78, 5) is 15.9. The van der Waals surface area contributed by atoms with Crippen molar-refractivity contribution < 1.29 is 4.79 Å². The zero-order valence-electron chi connectivity index (χ0n) is 10.2. The van der Waals surface area contributed by atoms with Crippen LogP contribution in [0.15, 0.2) is 36.8 Å². The Hall–Kier alpha value is -1.82. The van der Waals surface area contributed by atoms with Crippen molar-refractivity contribution in [1.82, 2.24) is 14.8 Å². The third kappa shape index (κ3) is 2.89. The summed E-state index contributed by atoms with van der Waals surface area (Å²) in [5.41, 5.74) is 0.691. The van der Waals surface area contributed by atoms with E-state index in [1.165, 1.54) is 11.8 Å². The second-order valence-electron chi connectivity index (χ2n) is 3.72. The number of hydrogen-bond acceptors (Lipinski definition) is 4. The molecular weight excluding hydrogens is 248 g/mol. The van der Waals surface area contributed by atoms with Gasteiger partial charge in [-0.25, -0.2) is 9.67 Å². The topological polar surface area (TPSA) is 59.8 Å². The Bertz CT molecular complexity index is 509. The fraction of sp³-hybridized carbons (Fsp3) is 0.250. The lowest BCUT2D eigenvalue weighted by atomic mass is 10.3. The van der Waals surface area contributed by atoms with Crippen LogP contribution in [0.4, 0.5) is 5.69 Å². The van der Waals surface area contributed by atoms with Crippen LogP contribution in [0.2, 0.25) is 0 Å². The van der Waals surface area contributed by atoms with Crippen molar-refractivity contribution in [3.63, 3.8) is 0 Å². The number of hydrogen-bond donors (Lipinski definition) is 1. The average molecular weight is 262 g/mol. The Morgan fingerprint density at radius 1 is 1.50 bits per heavy atom. The molecule has 0 saturated carbocycles. The van der Waals surface area contributed by atoms with Crippen LogP contribution in [-0.4, -0.2) is 32.2 Å². The second kappa shape index (κ2) is 5.68. The van der Waals surface area contributed by atoms with Crippen LogP contribution < -0.4 is 5.32 Å². The normalized spacial score (nSPS) is 12.1. The molecule has 0 spiro atoms. The minimum absolute atomic E-state index is 0.0175. The minimum Gasteiger partial charge on any atom is -0.324 e. The van der Waals surface area contributed by atoms with Crippen LogP contribution in [0.1, 0.15) is 6.92 Å². The molecule has 0 bridgehead atoms. The van der Waals surface area contributed by atoms with Crippen LogP contribution in [0, 0.1) is 0 Å². The number of nitrogens with zero attached hydrogens (tertiary/aromatic N) is 3. The van der Waals surface area contributed by atoms with Crippen LogP contribution in [0.5, 0.6) is 0 Å². The van der Waals surface area contributed by atoms with E-state index < -0.39 is 0 Å². The van der Waals surface area contributed by atoms with E-state index in [1.54, 1.807) is 17.1 Å². The minimum atomic E-state index is -0.0733. The van der Waals surface area contributed by atoms with Gasteiger partial charge in [-0.05, 0) is 31.4 Å². The molecule has 0 saturated heterocycles. The molecule has 0 aromatic carbocycles. The van der Waals surface area contributed by atoms with E-state index in [0.717, 1.165) is 5.82 Å². The number of nitrogens with one attached hydrogen (secondary N) is 1. The monoisotopic (exact) mass is 262 g/mol. The average Bonchev–Trinajstić information content (AvgIpc) is 2.92. The number of aromatic nitrogens is 3. The Morgan fingerprint density at radius 2 is 2.33 bits per heavy atom. The summed E-state index contributed by atoms with van der Waals surface area (Å²) in [6.45, 7) is 1.87. The molecule has 6 heteroatoms. The summed E-state index contributed by atoms with van der Waals surface area (Å²) < 4.78 is 1.66. The predicted molar refractivity (Wildman–Crippen MR) is 73.0 cm³/mol. The van der Waals surface area contributed by atoms with Gasteiger partial charge in [0.2, 0.25) is 5.91 Å². The molecule has 0 radical (unpaired) electrons. The van der Waals surface area contributed by atoms with Gasteiger partial charge in [0.15, 0.2) is 5.82 Å². The smallest absolute Gasteiger partial charge is 0.237 e. The first-order valence-corrected chi connectivity index (χ1v) is 6.79. The van der Waals surface area contributed by atoms with Crippen molar-refractivity contribution in [3.05, 3.63) is 36.8 Å². The molecule has 2 aromatic rings. The zero-order chi connectivity index (χ0) is 13.0. The molecule has 0 aliphatic heterocycles. The molecule has 18 heavy (non-hydrogen) atoms. The highest BCUT2D eigenvalue weighted by molar-refractivity contribution is 7.99. The molecule has 0 aliphatic rings. The van der Waals surface area contributed by atoms with Gasteiger partial charge in [-0.3, -0.25) is 4.79 Å². The van der Waals surface area contributed by atoms with Crippen molar-refractivity contribution in [3.8, 4) is 5.82 Å². The lowest BCUT2D eigenvalue weighted by molar-refractivity contribution is -0.115. The van der Waals surface area contributed by atoms with Gasteiger partial charge in [-0.2, -0.15) is 16.9 Å². The molecule has 1 N–H and O–H groups in total. The standard InChI is InChI=1S/C12H14N4OS/c1-9(18-2)12(17)15-10-4-5-11(13-8-10)16-7-3-6-14-16/h3-9H,1-2H3,(H,15,17)/t9-/m1/s1. The Labute approximate surface area is 110 Å². The molecular formula is C12H14N4OS. The van der Waals surface area contributed by atoms with Gasteiger partial charge in [0, 0.05) is 12.4 Å². The van der Waals surface area contributed by atoms with Gasteiger partial charge in [-0.1, -0.05) is 0 Å². The molecule has 2 rings (SSSR count). The van der Waals surface area contributed by atoms with Crippen molar-refractivity contribution in [2.75, 3.05) is 11.6 Å². The summed E-state index contributed by atoms with van der Waals surface area (Å²) in [5, 5.41) is 6.82. The van der Waals surface area contributed by atoms with E-state index >= 15 is 0 Å². The first-order valence-electron chi connectivity index (χ1n) is 5.50. The SMILES string of the molecule is CS[C@H](C)C(=O)Nc1ccc(-n2cccn2)nc1. The fourth-order valence-corrected chi connectivity index (χ4v) is 1.62. The lowest BCUT2D eigenvalue weighted by Gasteiger charge is -2.09. The number of anilines is 1. The number of amides is 1. The highest BCUT2D eigenvalue weighted by Crippen LogP contribution is 2.12. The Morgan fingerprint density at radius 3 is 2.89 bits per heavy atom. The van der Waals surface area contributed by atoms with E-state index in [0.29, 0.717) is 5.69 Å². The molecule has 0 aliphatic carbocycles. The predicted octanol–water partition coefficient (Wildman–Crippen LogP) is 1.96. The van der Waals surface area contributed by atoms with E-state index in [1.807, 2.05) is 37.6 Å². The summed E-state index contributed by atoms with van der Waals surface area (Å²) >= 11 is 1.51. The maximum absolute atomic E-state index is 11.7. The molecule has 0 fully saturated rings. The van der Waals surface area contributed by atoms with E-state index in [4.69, 9.17) is 0 Å². The third-order valence-corrected chi connectivity index (χ3v) is 3.40. The van der Waals surface area contributed by atoms with E-state index in [-0.39, 0.29) is 11.2 Å². The van der Waals surface area contributed by atoms with Gasteiger partial charge in [0.1, 0.15) is 0 Å². The fourth-order valence-electron chi connectivity index (χ4n) is 1.35. The maximum atomic E-state index is 11.7. The highest BCUT2D eigenvalue weighted by Gasteiger charge is 2.11. The van der Waals surface area contributed by atoms with Gasteiger partial charge < -0.3 is 5.32 Å². The zero-order valence-corrected chi connectivity index (χ0v) is 11.0. The van der Waals surface area contributed by atoms with E-state index in [9.17, 15) is 4.79 Å². The molecule has 94 valence electrons. The summed E-state index contributed by atoms with van der Waals surface area (Å²) in [5.74, 6) is 0.701. The van der Waals surface area contributed by atoms with Crippen LogP contribution >= 0.6 is 11.8 Å². The molecule has 0 unspecified atom stereocenters. The number of thioether (sulfide) groups is 1. The van der Waals surface area contributed by atoms with Crippen LogP contribution in [0.3, 0.4) is 0 Å². The van der Waals surface area contributed by atoms with Crippen LogP contribution in [-0.2, 0) is 4.79 Å². The number of rotatable bonds is 4. The summed E-state index contributed by atoms with van der Waals surface area (Å²) in [7, 11) is 0. The van der Waals surface area contributed by atoms with Crippen LogP contribution in [0.25, 0.3) is 5.82 Å². The Kier molecular flexibility index (Phi) is 3.99. The second-order valence-corrected chi connectivity index (χ2v) is 4.90. The Balaban J connectivity index is 2.06. The first-order chi connectivity index (χ1) is 8.70. The van der Waals surface area contributed by atoms with Crippen molar-refractivity contribution in [2.24, 2.45) is 0 Å². The van der Waals surface area contributed by atoms with Crippen molar-refractivity contribution in [1.29, 1.82) is 0 Å². The molecule has 1 atom stereocenters. The highest BCUT2D eigenvalue weighted by atomic mass is 32.2. The molecule has 2 heterocycles. The van der Waals surface area contributed by atoms with E-state index in [2.05, 4.69) is 15.4 Å². The maximum Gasteiger partial charge on any atom is 0.237 e. The number of pyridine rings is 1. The lowest BCUT2D eigenvalue weighted by Crippen LogP contribution is -2.22. The third-order valence-electron chi connectivity index (χ3n) is 2.48. The van der Waals surface area contributed by atoms with Crippen molar-refractivity contribution >= 4 is 23.4 Å². The van der Waals surface area contributed by atoms with Gasteiger partial charge in [0.25, 0.3) is 0 Å². The molecule has 1 amide bonds. The number of carbonyl (C=O) groups is 1. The van der Waals surface area contributed by atoms with Gasteiger partial charge in [-0.15, -0.1) is 0 Å². The van der Waals surface area contributed by atoms with Gasteiger partial charge >= 0.3 is 0 Å². The van der Waals surface area contributed by atoms with Gasteiger partial charge in [0.05, 0.1) is 17.1 Å². The summed E-state index contributed by atoms with van der Waals surface area (Å²) in [6, 6.07) is 5.46.